The highest BCUT2D eigenvalue weighted by Crippen LogP contribution is 2.31. The number of Topliss-reactive ketones (excluding diaryl/α,β-unsaturated/α-hetero) is 1. The van der Waals surface area contributed by atoms with Gasteiger partial charge in [0.05, 0.1) is 0 Å². The van der Waals surface area contributed by atoms with Gasteiger partial charge in [0, 0.05) is 5.92 Å². The Morgan fingerprint density at radius 1 is 1.15 bits per heavy atom. The molecule has 0 atom stereocenters. The van der Waals surface area contributed by atoms with Gasteiger partial charge in [0.2, 0.25) is 0 Å². The summed E-state index contributed by atoms with van der Waals surface area (Å²) in [5.41, 5.74) is 1.20. The maximum absolute atomic E-state index is 12.2. The number of ketones is 1. The summed E-state index contributed by atoms with van der Waals surface area (Å²) < 4.78 is 5.83. The van der Waals surface area contributed by atoms with E-state index in [0.717, 1.165) is 24.2 Å². The Balaban J connectivity index is 1.98. The quantitative estimate of drug-likeness (QED) is 0.807. The lowest BCUT2D eigenvalue weighted by Crippen LogP contribution is -2.24. The minimum Gasteiger partial charge on any atom is -0.486 e. The molecule has 0 N–H and O–H groups in total. The van der Waals surface area contributed by atoms with Gasteiger partial charge in [-0.15, -0.1) is 0 Å². The van der Waals surface area contributed by atoms with E-state index >= 15 is 0 Å². The van der Waals surface area contributed by atoms with Crippen LogP contribution in [0, 0.1) is 5.92 Å². The van der Waals surface area contributed by atoms with Gasteiger partial charge in [0.1, 0.15) is 12.4 Å². The highest BCUT2D eigenvalue weighted by atomic mass is 16.5. The number of benzene rings is 1. The van der Waals surface area contributed by atoms with E-state index in [4.69, 9.17) is 4.74 Å². The predicted octanol–water partition coefficient (Wildman–Crippen LogP) is 4.51. The molecule has 110 valence electrons. The third-order valence-electron chi connectivity index (χ3n) is 4.13. The number of carbonyl (C=O) groups excluding carboxylic acids is 1. The molecule has 0 unspecified atom stereocenters. The first-order chi connectivity index (χ1) is 9.48. The molecule has 2 rings (SSSR count). The van der Waals surface area contributed by atoms with Gasteiger partial charge in [-0.05, 0) is 29.9 Å². The van der Waals surface area contributed by atoms with E-state index in [1.165, 1.54) is 19.3 Å². The molecule has 1 fully saturated rings. The number of rotatable bonds is 4. The molecule has 20 heavy (non-hydrogen) atoms. The summed E-state index contributed by atoms with van der Waals surface area (Å²) in [6.45, 7) is 6.71. The van der Waals surface area contributed by atoms with Crippen molar-refractivity contribution in [2.24, 2.45) is 5.92 Å². The summed E-state index contributed by atoms with van der Waals surface area (Å²) in [7, 11) is 0. The summed E-state index contributed by atoms with van der Waals surface area (Å²) in [4.78, 5) is 12.2. The largest absolute Gasteiger partial charge is 0.486 e. The normalized spacial score (nSPS) is 16.9. The molecule has 1 saturated carbocycles. The minimum atomic E-state index is 0.0322. The molecule has 1 aromatic rings. The molecule has 0 radical (unpaired) electrons. The van der Waals surface area contributed by atoms with Gasteiger partial charge in [-0.3, -0.25) is 4.79 Å². The van der Waals surface area contributed by atoms with Crippen molar-refractivity contribution in [3.8, 4) is 5.75 Å². The Morgan fingerprint density at radius 3 is 2.45 bits per heavy atom. The van der Waals surface area contributed by atoms with Crippen molar-refractivity contribution in [2.75, 3.05) is 6.61 Å². The van der Waals surface area contributed by atoms with Gasteiger partial charge in [-0.25, -0.2) is 0 Å². The van der Waals surface area contributed by atoms with Crippen molar-refractivity contribution in [3.63, 3.8) is 0 Å². The van der Waals surface area contributed by atoms with Crippen LogP contribution in [0.3, 0.4) is 0 Å². The molecular formula is C18H26O2. The van der Waals surface area contributed by atoms with Crippen LogP contribution in [0.15, 0.2) is 24.3 Å². The fourth-order valence-corrected chi connectivity index (χ4v) is 2.90. The average molecular weight is 274 g/mol. The van der Waals surface area contributed by atoms with E-state index in [-0.39, 0.29) is 23.7 Å². The lowest BCUT2D eigenvalue weighted by Gasteiger charge is -2.24. The Kier molecular flexibility index (Phi) is 4.85. The van der Waals surface area contributed by atoms with Gasteiger partial charge in [-0.1, -0.05) is 58.2 Å². The second-order valence-corrected chi connectivity index (χ2v) is 6.84. The Hall–Kier alpha value is -1.31. The summed E-state index contributed by atoms with van der Waals surface area (Å²) in [6, 6.07) is 8.04. The number of ether oxygens (including phenoxy) is 1. The predicted molar refractivity (Wildman–Crippen MR) is 82.2 cm³/mol. The van der Waals surface area contributed by atoms with Crippen LogP contribution in [-0.4, -0.2) is 12.4 Å². The van der Waals surface area contributed by atoms with E-state index in [0.29, 0.717) is 0 Å². The molecule has 2 heteroatoms. The monoisotopic (exact) mass is 274 g/mol. The van der Waals surface area contributed by atoms with Crippen LogP contribution < -0.4 is 4.74 Å². The number of carbonyl (C=O) groups is 1. The van der Waals surface area contributed by atoms with Gasteiger partial charge in [0.25, 0.3) is 0 Å². The number of para-hydroxylation sites is 1. The van der Waals surface area contributed by atoms with Crippen LogP contribution in [-0.2, 0) is 10.2 Å². The fraction of sp³-hybridized carbons (Fsp3) is 0.611. The Morgan fingerprint density at radius 2 is 1.80 bits per heavy atom. The molecule has 0 heterocycles. The number of hydrogen-bond acceptors (Lipinski definition) is 2. The first-order valence-electron chi connectivity index (χ1n) is 7.73. The zero-order valence-electron chi connectivity index (χ0n) is 12.9. The van der Waals surface area contributed by atoms with Crippen molar-refractivity contribution >= 4 is 5.78 Å². The van der Waals surface area contributed by atoms with E-state index < -0.39 is 0 Å². The molecule has 1 aromatic carbocycles. The molecule has 0 aliphatic heterocycles. The molecule has 0 aromatic heterocycles. The first kappa shape index (κ1) is 15.1. The van der Waals surface area contributed by atoms with E-state index in [2.05, 4.69) is 26.8 Å². The van der Waals surface area contributed by atoms with Crippen molar-refractivity contribution in [1.82, 2.24) is 0 Å². The van der Waals surface area contributed by atoms with Crippen LogP contribution in [0.25, 0.3) is 0 Å². The smallest absolute Gasteiger partial charge is 0.173 e. The third kappa shape index (κ3) is 3.84. The van der Waals surface area contributed by atoms with Crippen molar-refractivity contribution in [2.45, 2.75) is 58.3 Å². The summed E-state index contributed by atoms with van der Waals surface area (Å²) in [6.07, 6.45) is 5.74. The summed E-state index contributed by atoms with van der Waals surface area (Å²) >= 11 is 0. The van der Waals surface area contributed by atoms with Gasteiger partial charge in [0.15, 0.2) is 5.78 Å². The molecule has 1 aliphatic rings. The van der Waals surface area contributed by atoms with Gasteiger partial charge in [-0.2, -0.15) is 0 Å². The van der Waals surface area contributed by atoms with E-state index in [1.807, 2.05) is 18.2 Å². The highest BCUT2D eigenvalue weighted by Gasteiger charge is 2.23. The topological polar surface area (TPSA) is 26.3 Å². The highest BCUT2D eigenvalue weighted by molar-refractivity contribution is 5.82. The first-order valence-corrected chi connectivity index (χ1v) is 7.73. The second-order valence-electron chi connectivity index (χ2n) is 6.84. The van der Waals surface area contributed by atoms with Crippen LogP contribution in [0.1, 0.15) is 58.4 Å². The number of hydrogen-bond donors (Lipinski definition) is 0. The average Bonchev–Trinajstić information content (AvgIpc) is 2.45. The van der Waals surface area contributed by atoms with Crippen LogP contribution >= 0.6 is 0 Å². The zero-order chi connectivity index (χ0) is 14.6. The standard InChI is InChI=1S/C18H26O2/c1-18(2,3)15-11-7-8-12-17(15)20-13-16(19)14-9-5-4-6-10-14/h7-8,11-12,14H,4-6,9-10,13H2,1-3H3. The van der Waals surface area contributed by atoms with Gasteiger partial charge < -0.3 is 4.74 Å². The fourth-order valence-electron chi connectivity index (χ4n) is 2.90. The molecule has 0 spiro atoms. The Labute approximate surface area is 122 Å². The zero-order valence-corrected chi connectivity index (χ0v) is 12.9. The van der Waals surface area contributed by atoms with E-state index in [1.54, 1.807) is 0 Å². The van der Waals surface area contributed by atoms with E-state index in [9.17, 15) is 4.79 Å². The summed E-state index contributed by atoms with van der Waals surface area (Å²) in [5, 5.41) is 0. The van der Waals surface area contributed by atoms with Crippen LogP contribution in [0.2, 0.25) is 0 Å². The van der Waals surface area contributed by atoms with Gasteiger partial charge >= 0.3 is 0 Å². The summed E-state index contributed by atoms with van der Waals surface area (Å²) in [5.74, 6) is 1.35. The maximum atomic E-state index is 12.2. The second kappa shape index (κ2) is 6.43. The molecule has 0 saturated heterocycles. The molecule has 1 aliphatic carbocycles. The minimum absolute atomic E-state index is 0.0322. The van der Waals surface area contributed by atoms with Crippen LogP contribution in [0.4, 0.5) is 0 Å². The lowest BCUT2D eigenvalue weighted by atomic mass is 9.86. The molecule has 2 nitrogen and oxygen atoms in total. The molecular weight excluding hydrogens is 248 g/mol. The third-order valence-corrected chi connectivity index (χ3v) is 4.13. The van der Waals surface area contributed by atoms with Crippen molar-refractivity contribution < 1.29 is 9.53 Å². The molecule has 0 amide bonds. The van der Waals surface area contributed by atoms with Crippen LogP contribution in [0.5, 0.6) is 5.75 Å². The Bertz CT molecular complexity index is 451. The molecule has 0 bridgehead atoms. The van der Waals surface area contributed by atoms with Crippen molar-refractivity contribution in [1.29, 1.82) is 0 Å². The maximum Gasteiger partial charge on any atom is 0.173 e. The van der Waals surface area contributed by atoms with Crippen molar-refractivity contribution in [3.05, 3.63) is 29.8 Å². The lowest BCUT2D eigenvalue weighted by molar-refractivity contribution is -0.125. The SMILES string of the molecule is CC(C)(C)c1ccccc1OCC(=O)C1CCCCC1.